The maximum Gasteiger partial charge on any atom is 0.241 e. The Morgan fingerprint density at radius 3 is 2.47 bits per heavy atom. The van der Waals surface area contributed by atoms with Crippen LogP contribution >= 0.6 is 11.6 Å². The minimum atomic E-state index is -3.86. The number of nitrogens with one attached hydrogen (secondary N) is 1. The van der Waals surface area contributed by atoms with Crippen molar-refractivity contribution in [3.63, 3.8) is 0 Å². The van der Waals surface area contributed by atoms with E-state index in [2.05, 4.69) is 4.72 Å². The molecule has 100 valence electrons. The second-order valence-electron chi connectivity index (χ2n) is 4.16. The lowest BCUT2D eigenvalue weighted by molar-refractivity contribution is 0.495. The molecular weight excluding hydrogens is 286 g/mol. The molecule has 19 heavy (non-hydrogen) atoms. The highest BCUT2D eigenvalue weighted by Gasteiger charge is 2.29. The van der Waals surface area contributed by atoms with E-state index in [1.54, 1.807) is 6.92 Å². The fraction of sp³-hybridized carbons (Fsp3) is 0.333. The lowest BCUT2D eigenvalue weighted by Gasteiger charge is -2.21. The Balaban J connectivity index is 3.20. The molecule has 1 unspecified atom stereocenters. The summed E-state index contributed by atoms with van der Waals surface area (Å²) in [5, 5.41) is 17.8. The van der Waals surface area contributed by atoms with Crippen molar-refractivity contribution < 1.29 is 8.42 Å². The summed E-state index contributed by atoms with van der Waals surface area (Å²) in [6.07, 6.45) is 0.326. The molecule has 1 atom stereocenters. The molecule has 0 fully saturated rings. The van der Waals surface area contributed by atoms with Crippen molar-refractivity contribution in [2.24, 2.45) is 0 Å². The van der Waals surface area contributed by atoms with Gasteiger partial charge in [-0.25, -0.2) is 8.42 Å². The Morgan fingerprint density at radius 2 is 2.05 bits per heavy atom. The summed E-state index contributed by atoms with van der Waals surface area (Å²) in [5.74, 6) is 0. The average molecular weight is 298 g/mol. The van der Waals surface area contributed by atoms with Gasteiger partial charge >= 0.3 is 0 Å². The van der Waals surface area contributed by atoms with Crippen LogP contribution in [-0.4, -0.2) is 14.0 Å². The largest absolute Gasteiger partial charge is 0.241 e. The summed E-state index contributed by atoms with van der Waals surface area (Å²) in [6, 6.07) is 7.55. The molecule has 1 rings (SSSR count). The first-order valence-corrected chi connectivity index (χ1v) is 7.29. The van der Waals surface area contributed by atoms with Gasteiger partial charge in [0.25, 0.3) is 0 Å². The third-order valence-corrected chi connectivity index (χ3v) is 4.59. The van der Waals surface area contributed by atoms with E-state index in [0.717, 1.165) is 0 Å². The predicted molar refractivity (Wildman–Crippen MR) is 70.8 cm³/mol. The Kier molecular flexibility index (Phi) is 4.54. The monoisotopic (exact) mass is 297 g/mol. The van der Waals surface area contributed by atoms with Crippen molar-refractivity contribution in [3.8, 4) is 12.1 Å². The van der Waals surface area contributed by atoms with E-state index in [1.807, 2.05) is 12.1 Å². The summed E-state index contributed by atoms with van der Waals surface area (Å²) in [6.45, 7) is 3.20. The summed E-state index contributed by atoms with van der Waals surface area (Å²) in [4.78, 5) is -0.0774. The molecular formula is C12H12ClN3O2S. The Labute approximate surface area is 117 Å². The maximum absolute atomic E-state index is 12.1. The van der Waals surface area contributed by atoms with Crippen LogP contribution in [0.2, 0.25) is 5.02 Å². The summed E-state index contributed by atoms with van der Waals surface area (Å²) >= 11 is 5.79. The third kappa shape index (κ3) is 3.45. The molecule has 0 radical (unpaired) electrons. The molecule has 0 aliphatic carbocycles. The summed E-state index contributed by atoms with van der Waals surface area (Å²) in [5.41, 5.74) is -0.988. The van der Waals surface area contributed by atoms with Crippen LogP contribution in [0.4, 0.5) is 0 Å². The number of halogens is 1. The maximum atomic E-state index is 12.1. The van der Waals surface area contributed by atoms with E-state index in [4.69, 9.17) is 22.1 Å². The van der Waals surface area contributed by atoms with Gasteiger partial charge in [-0.05, 0) is 31.5 Å². The number of hydrogen-bond acceptors (Lipinski definition) is 4. The first-order valence-electron chi connectivity index (χ1n) is 5.43. The molecule has 0 saturated heterocycles. The molecule has 0 heterocycles. The lowest BCUT2D eigenvalue weighted by Crippen LogP contribution is -2.44. The van der Waals surface area contributed by atoms with Crippen molar-refractivity contribution in [2.45, 2.75) is 30.7 Å². The SMILES string of the molecule is CCC(C)(C#N)NS(=O)(=O)c1ccc(C#N)c(Cl)c1. The summed E-state index contributed by atoms with van der Waals surface area (Å²) in [7, 11) is -3.86. The minimum absolute atomic E-state index is 0.0561. The number of benzene rings is 1. The van der Waals surface area contributed by atoms with E-state index in [-0.39, 0.29) is 15.5 Å². The number of sulfonamides is 1. The van der Waals surface area contributed by atoms with Gasteiger partial charge in [0.1, 0.15) is 11.6 Å². The van der Waals surface area contributed by atoms with Crippen LogP contribution in [0.1, 0.15) is 25.8 Å². The number of nitriles is 2. The fourth-order valence-corrected chi connectivity index (χ4v) is 2.99. The van der Waals surface area contributed by atoms with E-state index < -0.39 is 15.6 Å². The van der Waals surface area contributed by atoms with Gasteiger partial charge in [0, 0.05) is 0 Å². The second kappa shape index (κ2) is 5.58. The van der Waals surface area contributed by atoms with Crippen molar-refractivity contribution in [3.05, 3.63) is 28.8 Å². The van der Waals surface area contributed by atoms with Gasteiger partial charge in [-0.1, -0.05) is 18.5 Å². The van der Waals surface area contributed by atoms with Gasteiger partial charge in [0.2, 0.25) is 10.0 Å². The van der Waals surface area contributed by atoms with Crippen molar-refractivity contribution >= 4 is 21.6 Å². The predicted octanol–water partition coefficient (Wildman–Crippen LogP) is 2.18. The van der Waals surface area contributed by atoms with Gasteiger partial charge in [-0.15, -0.1) is 0 Å². The van der Waals surface area contributed by atoms with Crippen LogP contribution in [0.5, 0.6) is 0 Å². The molecule has 7 heteroatoms. The second-order valence-corrected chi connectivity index (χ2v) is 6.25. The number of hydrogen-bond donors (Lipinski definition) is 1. The van der Waals surface area contributed by atoms with Gasteiger partial charge in [0.15, 0.2) is 0 Å². The zero-order valence-corrected chi connectivity index (χ0v) is 12.0. The molecule has 1 aromatic carbocycles. The normalized spacial score (nSPS) is 14.2. The molecule has 1 N–H and O–H groups in total. The van der Waals surface area contributed by atoms with Crippen LogP contribution in [0, 0.1) is 22.7 Å². The molecule has 0 spiro atoms. The molecule has 0 aliphatic rings. The van der Waals surface area contributed by atoms with E-state index in [9.17, 15) is 8.42 Å². The Morgan fingerprint density at radius 1 is 1.42 bits per heavy atom. The highest BCUT2D eigenvalue weighted by Crippen LogP contribution is 2.21. The highest BCUT2D eigenvalue weighted by molar-refractivity contribution is 7.89. The third-order valence-electron chi connectivity index (χ3n) is 2.68. The Bertz CT molecular complexity index is 673. The first-order chi connectivity index (χ1) is 8.78. The van der Waals surface area contributed by atoms with Crippen LogP contribution in [0.25, 0.3) is 0 Å². The zero-order chi connectivity index (χ0) is 14.7. The van der Waals surface area contributed by atoms with Crippen LogP contribution in [0.15, 0.2) is 23.1 Å². The lowest BCUT2D eigenvalue weighted by atomic mass is 10.0. The van der Waals surface area contributed by atoms with Crippen molar-refractivity contribution in [1.29, 1.82) is 10.5 Å². The minimum Gasteiger partial charge on any atom is -0.207 e. The Hall–Kier alpha value is -1.60. The molecule has 0 aliphatic heterocycles. The topological polar surface area (TPSA) is 93.8 Å². The first kappa shape index (κ1) is 15.5. The number of nitrogens with zero attached hydrogens (tertiary/aromatic N) is 2. The van der Waals surface area contributed by atoms with Gasteiger partial charge in [-0.3, -0.25) is 0 Å². The molecule has 0 bridgehead atoms. The standard InChI is InChI=1S/C12H12ClN3O2S/c1-3-12(2,8-15)16-19(17,18)10-5-4-9(7-14)11(13)6-10/h4-6,16H,3H2,1-2H3. The van der Waals surface area contributed by atoms with Crippen molar-refractivity contribution in [1.82, 2.24) is 4.72 Å². The molecule has 5 nitrogen and oxygen atoms in total. The van der Waals surface area contributed by atoms with Gasteiger partial charge in [0.05, 0.1) is 21.6 Å². The molecule has 0 amide bonds. The smallest absolute Gasteiger partial charge is 0.207 e. The summed E-state index contributed by atoms with van der Waals surface area (Å²) < 4.78 is 26.5. The molecule has 0 saturated carbocycles. The van der Waals surface area contributed by atoms with E-state index >= 15 is 0 Å². The molecule has 1 aromatic rings. The van der Waals surface area contributed by atoms with Crippen LogP contribution < -0.4 is 4.72 Å². The van der Waals surface area contributed by atoms with Gasteiger partial charge in [-0.2, -0.15) is 15.2 Å². The zero-order valence-electron chi connectivity index (χ0n) is 10.4. The van der Waals surface area contributed by atoms with Crippen LogP contribution in [-0.2, 0) is 10.0 Å². The number of rotatable bonds is 4. The highest BCUT2D eigenvalue weighted by atomic mass is 35.5. The van der Waals surface area contributed by atoms with Crippen LogP contribution in [0.3, 0.4) is 0 Å². The average Bonchev–Trinajstić information content (AvgIpc) is 2.38. The fourth-order valence-electron chi connectivity index (χ4n) is 1.28. The van der Waals surface area contributed by atoms with Crippen molar-refractivity contribution in [2.75, 3.05) is 0 Å². The molecule has 0 aromatic heterocycles. The van der Waals surface area contributed by atoms with E-state index in [1.165, 1.54) is 25.1 Å². The quantitative estimate of drug-likeness (QED) is 0.921. The van der Waals surface area contributed by atoms with Gasteiger partial charge < -0.3 is 0 Å². The van der Waals surface area contributed by atoms with E-state index in [0.29, 0.717) is 6.42 Å².